The van der Waals surface area contributed by atoms with Crippen molar-refractivity contribution in [2.24, 2.45) is 5.16 Å². The zero-order chi connectivity index (χ0) is 24.1. The molecule has 3 heterocycles. The first-order valence-corrected chi connectivity index (χ1v) is 12.1. The van der Waals surface area contributed by atoms with Crippen molar-refractivity contribution < 1.29 is 22.8 Å². The summed E-state index contributed by atoms with van der Waals surface area (Å²) in [4.78, 5) is 22.3. The molecule has 5 rings (SSSR count). The van der Waals surface area contributed by atoms with Crippen LogP contribution in [0.2, 0.25) is 10.0 Å². The van der Waals surface area contributed by atoms with Crippen molar-refractivity contribution in [1.82, 2.24) is 10.3 Å². The fourth-order valence-electron chi connectivity index (χ4n) is 4.02. The summed E-state index contributed by atoms with van der Waals surface area (Å²) in [5.74, 6) is 1.44. The van der Waals surface area contributed by atoms with Gasteiger partial charge in [0.05, 0.1) is 17.6 Å². The van der Waals surface area contributed by atoms with Crippen LogP contribution in [0, 0.1) is 0 Å². The van der Waals surface area contributed by atoms with E-state index < -0.39 is 18.2 Å². The van der Waals surface area contributed by atoms with Crippen LogP contribution < -0.4 is 5.32 Å². The minimum atomic E-state index is -4.81. The molecule has 1 fully saturated rings. The number of nitrogens with one attached hydrogen (secondary N) is 1. The Bertz CT molecular complexity index is 1310. The number of nitrogens with zero attached hydrogens (tertiary/aromatic N) is 2. The van der Waals surface area contributed by atoms with E-state index in [1.54, 1.807) is 36.0 Å². The van der Waals surface area contributed by atoms with Gasteiger partial charge >= 0.3 is 6.18 Å². The number of carbonyl (C=O) groups is 1. The summed E-state index contributed by atoms with van der Waals surface area (Å²) < 4.78 is 43.0. The molecule has 1 amide bonds. The van der Waals surface area contributed by atoms with Crippen LogP contribution in [0.15, 0.2) is 53.8 Å². The monoisotopic (exact) mass is 525 g/mol. The van der Waals surface area contributed by atoms with E-state index in [1.165, 1.54) is 24.4 Å². The number of aromatic nitrogens is 1. The second kappa shape index (κ2) is 8.62. The van der Waals surface area contributed by atoms with Crippen molar-refractivity contribution in [3.63, 3.8) is 0 Å². The molecular weight excluding hydrogens is 510 g/mol. The molecule has 34 heavy (non-hydrogen) atoms. The third-order valence-electron chi connectivity index (χ3n) is 5.81. The number of benzene rings is 2. The van der Waals surface area contributed by atoms with Crippen molar-refractivity contribution in [3.05, 3.63) is 75.4 Å². The molecule has 1 saturated heterocycles. The third-order valence-corrected chi connectivity index (χ3v) is 7.53. The topological polar surface area (TPSA) is 63.6 Å². The summed E-state index contributed by atoms with van der Waals surface area (Å²) in [7, 11) is 0. The molecule has 1 aromatic heterocycles. The van der Waals surface area contributed by atoms with Gasteiger partial charge in [-0.1, -0.05) is 40.5 Å². The number of thioether (sulfide) groups is 1. The molecule has 1 unspecified atom stereocenters. The van der Waals surface area contributed by atoms with E-state index in [9.17, 15) is 18.0 Å². The van der Waals surface area contributed by atoms with Crippen LogP contribution in [0.1, 0.15) is 27.9 Å². The van der Waals surface area contributed by atoms with Crippen molar-refractivity contribution in [1.29, 1.82) is 0 Å². The molecule has 0 spiro atoms. The molecule has 1 N–H and O–H groups in total. The van der Waals surface area contributed by atoms with Crippen LogP contribution in [-0.4, -0.2) is 40.3 Å². The van der Waals surface area contributed by atoms with E-state index in [1.807, 2.05) is 0 Å². The number of hydrogen-bond donors (Lipinski definition) is 1. The van der Waals surface area contributed by atoms with Gasteiger partial charge in [0.15, 0.2) is 0 Å². The summed E-state index contributed by atoms with van der Waals surface area (Å²) >= 11 is 13.7. The average molecular weight is 526 g/mol. The molecule has 0 bridgehead atoms. The minimum absolute atomic E-state index is 0.0514. The normalized spacial score (nSPS) is 20.6. The number of amides is 1. The van der Waals surface area contributed by atoms with Gasteiger partial charge in [0, 0.05) is 55.9 Å². The first-order valence-electron chi connectivity index (χ1n) is 10.2. The highest BCUT2D eigenvalue weighted by molar-refractivity contribution is 8.00. The van der Waals surface area contributed by atoms with Gasteiger partial charge in [-0.05, 0) is 30.3 Å². The van der Waals surface area contributed by atoms with Gasteiger partial charge in [0.1, 0.15) is 0 Å². The predicted octanol–water partition coefficient (Wildman–Crippen LogP) is 5.97. The number of fused-ring (bicyclic) bond motifs is 1. The van der Waals surface area contributed by atoms with Crippen molar-refractivity contribution in [2.75, 3.05) is 11.5 Å². The van der Waals surface area contributed by atoms with Crippen LogP contribution in [0.4, 0.5) is 13.2 Å². The van der Waals surface area contributed by atoms with Gasteiger partial charge in [-0.3, -0.25) is 9.78 Å². The van der Waals surface area contributed by atoms with E-state index in [4.69, 9.17) is 28.0 Å². The maximum Gasteiger partial charge on any atom is 0.435 e. The Morgan fingerprint density at radius 1 is 1.15 bits per heavy atom. The van der Waals surface area contributed by atoms with E-state index in [-0.39, 0.29) is 33.3 Å². The Balaban J connectivity index is 1.54. The van der Waals surface area contributed by atoms with Crippen molar-refractivity contribution in [3.8, 4) is 0 Å². The quantitative estimate of drug-likeness (QED) is 0.455. The molecule has 11 heteroatoms. The molecule has 0 aliphatic carbocycles. The zero-order valence-corrected chi connectivity index (χ0v) is 19.7. The molecule has 5 nitrogen and oxygen atoms in total. The lowest BCUT2D eigenvalue weighted by Crippen LogP contribution is -2.43. The fraction of sp³-hybridized carbons (Fsp3) is 0.261. The summed E-state index contributed by atoms with van der Waals surface area (Å²) in [6, 6.07) is 10.3. The molecule has 3 aromatic rings. The van der Waals surface area contributed by atoms with Gasteiger partial charge < -0.3 is 10.2 Å². The highest BCUT2D eigenvalue weighted by atomic mass is 35.5. The molecule has 2 aliphatic heterocycles. The summed E-state index contributed by atoms with van der Waals surface area (Å²) in [6.45, 7) is 0. The van der Waals surface area contributed by atoms with Crippen LogP contribution in [0.3, 0.4) is 0 Å². The smallest absolute Gasteiger partial charge is 0.374 e. The second-order valence-electron chi connectivity index (χ2n) is 8.06. The number of alkyl halides is 3. The van der Waals surface area contributed by atoms with Crippen molar-refractivity contribution in [2.45, 2.75) is 24.2 Å². The summed E-state index contributed by atoms with van der Waals surface area (Å²) in [5.41, 5.74) is -1.84. The molecular formula is C23H16Cl2F3N3O2S. The van der Waals surface area contributed by atoms with E-state index in [0.29, 0.717) is 22.0 Å². The SMILES string of the molecule is O=C(NC1CSC1)c1ccc(C2=NOC(c3cc(Cl)cc(Cl)c3)(C(F)(F)F)C2)c2ncccc12. The molecule has 0 radical (unpaired) electrons. The predicted molar refractivity (Wildman–Crippen MR) is 127 cm³/mol. The number of rotatable bonds is 4. The van der Waals surface area contributed by atoms with Gasteiger partial charge in [0.25, 0.3) is 11.5 Å². The number of oxime groups is 1. The van der Waals surface area contributed by atoms with Gasteiger partial charge in [0.2, 0.25) is 0 Å². The lowest BCUT2D eigenvalue weighted by atomic mass is 9.86. The maximum atomic E-state index is 14.3. The van der Waals surface area contributed by atoms with Crippen LogP contribution in [0.25, 0.3) is 10.9 Å². The Labute approximate surface area is 206 Å². The van der Waals surface area contributed by atoms with Gasteiger partial charge in [-0.25, -0.2) is 0 Å². The molecule has 176 valence electrons. The van der Waals surface area contributed by atoms with E-state index in [0.717, 1.165) is 11.5 Å². The summed E-state index contributed by atoms with van der Waals surface area (Å²) in [6.07, 6.45) is -3.90. The largest absolute Gasteiger partial charge is 0.435 e. The fourth-order valence-corrected chi connectivity index (χ4v) is 5.18. The highest BCUT2D eigenvalue weighted by Crippen LogP contribution is 2.50. The van der Waals surface area contributed by atoms with Crippen molar-refractivity contribution >= 4 is 57.5 Å². The third kappa shape index (κ3) is 3.99. The number of hydrogen-bond acceptors (Lipinski definition) is 5. The lowest BCUT2D eigenvalue weighted by molar-refractivity contribution is -0.275. The first-order chi connectivity index (χ1) is 16.2. The molecule has 0 saturated carbocycles. The summed E-state index contributed by atoms with van der Waals surface area (Å²) in [5, 5.41) is 7.41. The van der Waals surface area contributed by atoms with Gasteiger partial charge in [-0.15, -0.1) is 0 Å². The number of halogens is 5. The molecule has 2 aromatic carbocycles. The average Bonchev–Trinajstić information content (AvgIpc) is 3.21. The Morgan fingerprint density at radius 2 is 1.88 bits per heavy atom. The first kappa shape index (κ1) is 23.3. The van der Waals surface area contributed by atoms with Gasteiger partial charge in [-0.2, -0.15) is 24.9 Å². The lowest BCUT2D eigenvalue weighted by Gasteiger charge is -2.29. The number of carbonyl (C=O) groups excluding carboxylic acids is 1. The van der Waals surface area contributed by atoms with Crippen LogP contribution in [-0.2, 0) is 10.4 Å². The number of pyridine rings is 1. The second-order valence-corrected chi connectivity index (χ2v) is 10.0. The highest BCUT2D eigenvalue weighted by Gasteiger charge is 2.62. The Morgan fingerprint density at radius 3 is 2.53 bits per heavy atom. The van der Waals surface area contributed by atoms with Crippen LogP contribution in [0.5, 0.6) is 0 Å². The van der Waals surface area contributed by atoms with E-state index >= 15 is 0 Å². The molecule has 2 aliphatic rings. The minimum Gasteiger partial charge on any atom is -0.374 e. The van der Waals surface area contributed by atoms with E-state index in [2.05, 4.69) is 15.5 Å². The standard InChI is InChI=1S/C23H16Cl2F3N3O2S/c24-13-6-12(7-14(25)8-13)22(23(26,27)28)9-19(31-33-22)18-4-3-17(16-2-1-5-29-20(16)18)21(32)30-15-10-34-11-15/h1-8,15H,9-11H2,(H,30,32). The molecule has 1 atom stereocenters. The maximum absolute atomic E-state index is 14.3. The Kier molecular flexibility index (Phi) is 5.90. The Hall–Kier alpha value is -2.49. The van der Waals surface area contributed by atoms with Crippen LogP contribution >= 0.6 is 35.0 Å². The zero-order valence-electron chi connectivity index (χ0n) is 17.3.